The minimum absolute atomic E-state index is 0.235. The summed E-state index contributed by atoms with van der Waals surface area (Å²) in [7, 11) is 0. The summed E-state index contributed by atoms with van der Waals surface area (Å²) in [6.45, 7) is 7.94. The van der Waals surface area contributed by atoms with Gasteiger partial charge in [-0.1, -0.05) is 29.8 Å². The molecule has 1 amide bonds. The van der Waals surface area contributed by atoms with E-state index in [0.29, 0.717) is 18.5 Å². The van der Waals surface area contributed by atoms with Gasteiger partial charge in [0.2, 0.25) is 5.91 Å². The summed E-state index contributed by atoms with van der Waals surface area (Å²) in [5.74, 6) is 0.235. The monoisotopic (exact) mass is 246 g/mol. The average molecular weight is 246 g/mol. The second-order valence-electron chi connectivity index (χ2n) is 5.43. The Morgan fingerprint density at radius 3 is 2.33 bits per heavy atom. The molecular formula is C15H22N2O. The first-order chi connectivity index (χ1) is 8.54. The fourth-order valence-corrected chi connectivity index (χ4v) is 2.52. The number of hydrogen-bond acceptors (Lipinski definition) is 2. The molecule has 0 spiro atoms. The van der Waals surface area contributed by atoms with Crippen LogP contribution < -0.4 is 5.32 Å². The summed E-state index contributed by atoms with van der Waals surface area (Å²) in [5, 5.41) is 3.44. The summed E-state index contributed by atoms with van der Waals surface area (Å²) in [5.41, 5.74) is 2.33. The van der Waals surface area contributed by atoms with Crippen LogP contribution in [0.25, 0.3) is 0 Å². The van der Waals surface area contributed by atoms with Gasteiger partial charge in [0.1, 0.15) is 0 Å². The highest BCUT2D eigenvalue weighted by Crippen LogP contribution is 2.09. The number of hydrogen-bond donors (Lipinski definition) is 1. The molecular weight excluding hydrogens is 224 g/mol. The Morgan fingerprint density at radius 2 is 1.78 bits per heavy atom. The normalized spacial score (nSPS) is 24.1. The second-order valence-corrected chi connectivity index (χ2v) is 5.43. The molecule has 0 aromatic heterocycles. The predicted molar refractivity (Wildman–Crippen MR) is 73.5 cm³/mol. The fraction of sp³-hybridized carbons (Fsp3) is 0.533. The van der Waals surface area contributed by atoms with E-state index in [1.165, 1.54) is 5.56 Å². The smallest absolute Gasteiger partial charge is 0.227 e. The van der Waals surface area contributed by atoms with Gasteiger partial charge in [0.15, 0.2) is 0 Å². The second kappa shape index (κ2) is 5.53. The predicted octanol–water partition coefficient (Wildman–Crippen LogP) is 1.75. The molecule has 0 bridgehead atoms. The number of nitrogens with zero attached hydrogens (tertiary/aromatic N) is 1. The van der Waals surface area contributed by atoms with Gasteiger partial charge in [-0.05, 0) is 26.3 Å². The summed E-state index contributed by atoms with van der Waals surface area (Å²) in [6, 6.07) is 8.98. The summed E-state index contributed by atoms with van der Waals surface area (Å²) < 4.78 is 0. The van der Waals surface area contributed by atoms with Gasteiger partial charge in [0.25, 0.3) is 0 Å². The molecule has 1 aliphatic heterocycles. The van der Waals surface area contributed by atoms with Crippen molar-refractivity contribution >= 4 is 5.91 Å². The summed E-state index contributed by atoms with van der Waals surface area (Å²) in [6.07, 6.45) is 0.514. The largest absolute Gasteiger partial charge is 0.339 e. The number of piperazine rings is 1. The molecule has 1 heterocycles. The molecule has 2 rings (SSSR count). The first kappa shape index (κ1) is 13.1. The maximum Gasteiger partial charge on any atom is 0.227 e. The van der Waals surface area contributed by atoms with Crippen molar-refractivity contribution in [1.29, 1.82) is 0 Å². The van der Waals surface area contributed by atoms with Crippen molar-refractivity contribution in [1.82, 2.24) is 10.2 Å². The van der Waals surface area contributed by atoms with E-state index in [4.69, 9.17) is 0 Å². The molecule has 98 valence electrons. The third-order valence-electron chi connectivity index (χ3n) is 3.39. The fourth-order valence-electron chi connectivity index (χ4n) is 2.52. The number of aryl methyl sites for hydroxylation is 1. The lowest BCUT2D eigenvalue weighted by Crippen LogP contribution is -2.56. The van der Waals surface area contributed by atoms with Crippen LogP contribution in [0.3, 0.4) is 0 Å². The van der Waals surface area contributed by atoms with E-state index in [1.807, 2.05) is 17.0 Å². The first-order valence-corrected chi connectivity index (χ1v) is 6.64. The quantitative estimate of drug-likeness (QED) is 0.862. The lowest BCUT2D eigenvalue weighted by molar-refractivity contribution is -0.132. The molecule has 0 saturated carbocycles. The zero-order valence-electron chi connectivity index (χ0n) is 11.4. The van der Waals surface area contributed by atoms with Crippen LogP contribution in [-0.2, 0) is 11.2 Å². The van der Waals surface area contributed by atoms with Crippen LogP contribution in [0, 0.1) is 6.92 Å². The Kier molecular flexibility index (Phi) is 4.02. The van der Waals surface area contributed by atoms with Gasteiger partial charge < -0.3 is 10.2 Å². The van der Waals surface area contributed by atoms with E-state index in [0.717, 1.165) is 18.7 Å². The molecule has 2 atom stereocenters. The maximum absolute atomic E-state index is 12.2. The van der Waals surface area contributed by atoms with Crippen LogP contribution in [0.4, 0.5) is 0 Å². The lowest BCUT2D eigenvalue weighted by Gasteiger charge is -2.36. The van der Waals surface area contributed by atoms with Crippen LogP contribution in [0.2, 0.25) is 0 Å². The standard InChI is InChI=1S/C15H22N2O/c1-11-4-6-14(7-5-11)8-15(18)17-9-12(2)16-13(3)10-17/h4-7,12-13,16H,8-10H2,1-3H3. The minimum Gasteiger partial charge on any atom is -0.339 e. The van der Waals surface area contributed by atoms with Crippen molar-refractivity contribution in [3.63, 3.8) is 0 Å². The molecule has 18 heavy (non-hydrogen) atoms. The van der Waals surface area contributed by atoms with E-state index >= 15 is 0 Å². The van der Waals surface area contributed by atoms with Crippen molar-refractivity contribution in [2.75, 3.05) is 13.1 Å². The Balaban J connectivity index is 1.97. The number of carbonyl (C=O) groups excluding carboxylic acids is 1. The Hall–Kier alpha value is -1.35. The molecule has 1 aromatic rings. The Morgan fingerprint density at radius 1 is 1.22 bits per heavy atom. The van der Waals surface area contributed by atoms with Crippen LogP contribution in [0.15, 0.2) is 24.3 Å². The van der Waals surface area contributed by atoms with Gasteiger partial charge in [-0.15, -0.1) is 0 Å². The molecule has 3 heteroatoms. The number of nitrogens with one attached hydrogen (secondary N) is 1. The number of amides is 1. The molecule has 1 aliphatic rings. The van der Waals surface area contributed by atoms with E-state index < -0.39 is 0 Å². The molecule has 3 nitrogen and oxygen atoms in total. The molecule has 1 aromatic carbocycles. The minimum atomic E-state index is 0.235. The third kappa shape index (κ3) is 3.33. The van der Waals surface area contributed by atoms with Gasteiger partial charge in [-0.2, -0.15) is 0 Å². The number of rotatable bonds is 2. The molecule has 0 aliphatic carbocycles. The van der Waals surface area contributed by atoms with E-state index in [1.54, 1.807) is 0 Å². The Bertz CT molecular complexity index is 403. The highest BCUT2D eigenvalue weighted by atomic mass is 16.2. The third-order valence-corrected chi connectivity index (χ3v) is 3.39. The average Bonchev–Trinajstić information content (AvgIpc) is 2.31. The van der Waals surface area contributed by atoms with Gasteiger partial charge in [0.05, 0.1) is 6.42 Å². The SMILES string of the molecule is Cc1ccc(CC(=O)N2CC(C)NC(C)C2)cc1. The van der Waals surface area contributed by atoms with Gasteiger partial charge in [-0.3, -0.25) is 4.79 Å². The van der Waals surface area contributed by atoms with Crippen LogP contribution in [0.5, 0.6) is 0 Å². The van der Waals surface area contributed by atoms with Crippen molar-refractivity contribution in [2.45, 2.75) is 39.3 Å². The summed E-state index contributed by atoms with van der Waals surface area (Å²) >= 11 is 0. The highest BCUT2D eigenvalue weighted by molar-refractivity contribution is 5.79. The van der Waals surface area contributed by atoms with Crippen molar-refractivity contribution in [3.8, 4) is 0 Å². The summed E-state index contributed by atoms with van der Waals surface area (Å²) in [4.78, 5) is 14.2. The Labute approximate surface area is 109 Å². The molecule has 2 unspecified atom stereocenters. The van der Waals surface area contributed by atoms with Crippen molar-refractivity contribution < 1.29 is 4.79 Å². The lowest BCUT2D eigenvalue weighted by atomic mass is 10.1. The molecule has 1 fully saturated rings. The van der Waals surface area contributed by atoms with Gasteiger partial charge in [0, 0.05) is 25.2 Å². The van der Waals surface area contributed by atoms with Crippen LogP contribution >= 0.6 is 0 Å². The molecule has 1 saturated heterocycles. The molecule has 1 N–H and O–H groups in total. The van der Waals surface area contributed by atoms with Crippen LogP contribution in [0.1, 0.15) is 25.0 Å². The number of benzene rings is 1. The van der Waals surface area contributed by atoms with Gasteiger partial charge in [-0.25, -0.2) is 0 Å². The van der Waals surface area contributed by atoms with E-state index in [2.05, 4.69) is 38.2 Å². The zero-order chi connectivity index (χ0) is 13.1. The van der Waals surface area contributed by atoms with E-state index in [-0.39, 0.29) is 5.91 Å². The highest BCUT2D eigenvalue weighted by Gasteiger charge is 2.24. The topological polar surface area (TPSA) is 32.3 Å². The van der Waals surface area contributed by atoms with Gasteiger partial charge >= 0.3 is 0 Å². The van der Waals surface area contributed by atoms with Crippen LogP contribution in [-0.4, -0.2) is 36.0 Å². The first-order valence-electron chi connectivity index (χ1n) is 6.64. The van der Waals surface area contributed by atoms with Crippen molar-refractivity contribution in [2.24, 2.45) is 0 Å². The van der Waals surface area contributed by atoms with Crippen molar-refractivity contribution in [3.05, 3.63) is 35.4 Å². The zero-order valence-corrected chi connectivity index (χ0v) is 11.4. The number of carbonyl (C=O) groups is 1. The van der Waals surface area contributed by atoms with E-state index in [9.17, 15) is 4.79 Å². The maximum atomic E-state index is 12.2. The molecule has 0 radical (unpaired) electrons.